The van der Waals surface area contributed by atoms with Gasteiger partial charge in [-0.2, -0.15) is 0 Å². The van der Waals surface area contributed by atoms with E-state index in [1.807, 2.05) is 0 Å². The molecule has 130 valence electrons. The number of ketones is 1. The SMILES string of the molecule is CC(=O)c1cccc(NC(=O)c2ccc(-n3ccnc3)c([N+](=O)[O-])c2)c1. The van der Waals surface area contributed by atoms with Gasteiger partial charge in [0.2, 0.25) is 0 Å². The van der Waals surface area contributed by atoms with Gasteiger partial charge < -0.3 is 9.88 Å². The Labute approximate surface area is 148 Å². The Morgan fingerprint density at radius 2 is 1.96 bits per heavy atom. The van der Waals surface area contributed by atoms with Crippen molar-refractivity contribution in [2.75, 3.05) is 5.32 Å². The van der Waals surface area contributed by atoms with Crippen LogP contribution in [0.4, 0.5) is 11.4 Å². The van der Waals surface area contributed by atoms with Crippen molar-refractivity contribution < 1.29 is 14.5 Å². The maximum atomic E-state index is 12.4. The van der Waals surface area contributed by atoms with Crippen molar-refractivity contribution in [1.29, 1.82) is 0 Å². The van der Waals surface area contributed by atoms with Gasteiger partial charge in [-0.1, -0.05) is 12.1 Å². The number of nitrogens with one attached hydrogen (secondary N) is 1. The Hall–Kier alpha value is -3.81. The molecule has 3 rings (SSSR count). The number of carbonyl (C=O) groups is 2. The average molecular weight is 350 g/mol. The molecule has 8 heteroatoms. The molecule has 1 heterocycles. The maximum Gasteiger partial charge on any atom is 0.294 e. The number of aromatic nitrogens is 2. The standard InChI is InChI=1S/C18H14N4O4/c1-12(23)13-3-2-4-15(9-13)20-18(24)14-5-6-16(17(10-14)22(25)26)21-8-7-19-11-21/h2-11H,1H3,(H,20,24). The summed E-state index contributed by atoms with van der Waals surface area (Å²) in [6.07, 6.45) is 4.52. The van der Waals surface area contributed by atoms with E-state index in [-0.39, 0.29) is 17.0 Å². The van der Waals surface area contributed by atoms with E-state index in [9.17, 15) is 19.7 Å². The van der Waals surface area contributed by atoms with Crippen LogP contribution < -0.4 is 5.32 Å². The number of rotatable bonds is 5. The molecule has 26 heavy (non-hydrogen) atoms. The van der Waals surface area contributed by atoms with Crippen molar-refractivity contribution in [3.8, 4) is 5.69 Å². The summed E-state index contributed by atoms with van der Waals surface area (Å²) in [6, 6.07) is 10.7. The molecule has 0 aliphatic heterocycles. The number of hydrogen-bond donors (Lipinski definition) is 1. The summed E-state index contributed by atoms with van der Waals surface area (Å²) in [4.78, 5) is 38.5. The number of imidazole rings is 1. The summed E-state index contributed by atoms with van der Waals surface area (Å²) in [5.74, 6) is -0.632. The molecule has 1 aromatic heterocycles. The molecule has 3 aromatic rings. The fourth-order valence-electron chi connectivity index (χ4n) is 2.45. The van der Waals surface area contributed by atoms with Crippen LogP contribution in [0.5, 0.6) is 0 Å². The fourth-order valence-corrected chi connectivity index (χ4v) is 2.45. The lowest BCUT2D eigenvalue weighted by atomic mass is 10.1. The number of benzene rings is 2. The number of anilines is 1. The van der Waals surface area contributed by atoms with Crippen molar-refractivity contribution in [3.63, 3.8) is 0 Å². The van der Waals surface area contributed by atoms with Crippen LogP contribution in [0.1, 0.15) is 27.6 Å². The van der Waals surface area contributed by atoms with Crippen molar-refractivity contribution in [3.05, 3.63) is 82.4 Å². The van der Waals surface area contributed by atoms with Crippen molar-refractivity contribution in [1.82, 2.24) is 9.55 Å². The summed E-state index contributed by atoms with van der Waals surface area (Å²) in [7, 11) is 0. The number of nitro benzene ring substituents is 1. The van der Waals surface area contributed by atoms with Crippen LogP contribution >= 0.6 is 0 Å². The second-order valence-corrected chi connectivity index (χ2v) is 5.52. The van der Waals surface area contributed by atoms with Gasteiger partial charge in [0.25, 0.3) is 11.6 Å². The van der Waals surface area contributed by atoms with E-state index in [1.54, 1.807) is 30.5 Å². The van der Waals surface area contributed by atoms with Gasteiger partial charge in [-0.15, -0.1) is 0 Å². The highest BCUT2D eigenvalue weighted by atomic mass is 16.6. The molecule has 0 fully saturated rings. The molecule has 0 saturated heterocycles. The Kier molecular flexibility index (Phi) is 4.57. The Morgan fingerprint density at radius 1 is 1.15 bits per heavy atom. The highest BCUT2D eigenvalue weighted by Gasteiger charge is 2.19. The molecule has 0 bridgehead atoms. The highest BCUT2D eigenvalue weighted by molar-refractivity contribution is 6.05. The summed E-state index contributed by atoms with van der Waals surface area (Å²) < 4.78 is 1.50. The van der Waals surface area contributed by atoms with Gasteiger partial charge in [0.05, 0.1) is 11.3 Å². The molecule has 0 unspecified atom stereocenters. The maximum absolute atomic E-state index is 12.4. The van der Waals surface area contributed by atoms with Crippen LogP contribution in [-0.2, 0) is 0 Å². The third-order valence-corrected chi connectivity index (χ3v) is 3.74. The van der Waals surface area contributed by atoms with Gasteiger partial charge in [0.15, 0.2) is 5.78 Å². The molecule has 0 atom stereocenters. The van der Waals surface area contributed by atoms with Gasteiger partial charge in [0.1, 0.15) is 5.69 Å². The first-order valence-electron chi connectivity index (χ1n) is 7.65. The summed E-state index contributed by atoms with van der Waals surface area (Å²) in [5.41, 5.74) is 1.12. The minimum Gasteiger partial charge on any atom is -0.322 e. The first kappa shape index (κ1) is 17.0. The molecular weight excluding hydrogens is 336 g/mol. The summed E-state index contributed by atoms with van der Waals surface area (Å²) in [5, 5.41) is 14.0. The van der Waals surface area contributed by atoms with Gasteiger partial charge in [0, 0.05) is 35.3 Å². The minimum atomic E-state index is -0.553. The highest BCUT2D eigenvalue weighted by Crippen LogP contribution is 2.24. The topological polar surface area (TPSA) is 107 Å². The minimum absolute atomic E-state index is 0.124. The summed E-state index contributed by atoms with van der Waals surface area (Å²) in [6.45, 7) is 1.43. The smallest absolute Gasteiger partial charge is 0.294 e. The second-order valence-electron chi connectivity index (χ2n) is 5.52. The van der Waals surface area contributed by atoms with Gasteiger partial charge in [-0.05, 0) is 31.2 Å². The second kappa shape index (κ2) is 6.98. The van der Waals surface area contributed by atoms with E-state index in [0.717, 1.165) is 0 Å². The van der Waals surface area contributed by atoms with Gasteiger partial charge in [-0.25, -0.2) is 4.98 Å². The Morgan fingerprint density at radius 3 is 2.62 bits per heavy atom. The molecule has 0 aliphatic rings. The lowest BCUT2D eigenvalue weighted by molar-refractivity contribution is -0.384. The van der Waals surface area contributed by atoms with Crippen molar-refractivity contribution >= 4 is 23.1 Å². The molecule has 0 radical (unpaired) electrons. The summed E-state index contributed by atoms with van der Waals surface area (Å²) >= 11 is 0. The van der Waals surface area contributed by atoms with E-state index in [4.69, 9.17) is 0 Å². The third-order valence-electron chi connectivity index (χ3n) is 3.74. The molecule has 8 nitrogen and oxygen atoms in total. The van der Waals surface area contributed by atoms with Gasteiger partial charge in [-0.3, -0.25) is 19.7 Å². The van der Waals surface area contributed by atoms with Crippen LogP contribution in [0.2, 0.25) is 0 Å². The number of amides is 1. The van der Waals surface area contributed by atoms with E-state index >= 15 is 0 Å². The molecule has 0 spiro atoms. The Balaban J connectivity index is 1.90. The van der Waals surface area contributed by atoms with Crippen LogP contribution in [0.15, 0.2) is 61.2 Å². The zero-order valence-electron chi connectivity index (χ0n) is 13.7. The predicted octanol–water partition coefficient (Wildman–Crippen LogP) is 3.24. The predicted molar refractivity (Wildman–Crippen MR) is 94.6 cm³/mol. The first-order chi connectivity index (χ1) is 12.5. The van der Waals surface area contributed by atoms with E-state index < -0.39 is 10.8 Å². The number of Topliss-reactive ketones (excluding diaryl/α,β-unsaturated/α-hetero) is 1. The monoisotopic (exact) mass is 350 g/mol. The quantitative estimate of drug-likeness (QED) is 0.432. The molecule has 1 amide bonds. The molecular formula is C18H14N4O4. The van der Waals surface area contributed by atoms with Crippen LogP contribution in [0.25, 0.3) is 5.69 Å². The first-order valence-corrected chi connectivity index (χ1v) is 7.65. The largest absolute Gasteiger partial charge is 0.322 e. The third kappa shape index (κ3) is 3.48. The molecule has 2 aromatic carbocycles. The van der Waals surface area contributed by atoms with Crippen molar-refractivity contribution in [2.24, 2.45) is 0 Å². The molecule has 0 saturated carbocycles. The lowest BCUT2D eigenvalue weighted by Crippen LogP contribution is -2.13. The number of nitrogens with zero attached hydrogens (tertiary/aromatic N) is 3. The van der Waals surface area contributed by atoms with E-state index in [2.05, 4.69) is 10.3 Å². The van der Waals surface area contributed by atoms with E-state index in [1.165, 1.54) is 42.2 Å². The zero-order valence-corrected chi connectivity index (χ0v) is 13.7. The average Bonchev–Trinajstić information content (AvgIpc) is 3.15. The normalized spacial score (nSPS) is 10.3. The molecule has 1 N–H and O–H groups in total. The number of hydrogen-bond acceptors (Lipinski definition) is 5. The number of carbonyl (C=O) groups excluding carboxylic acids is 2. The fraction of sp³-hybridized carbons (Fsp3) is 0.0556. The van der Waals surface area contributed by atoms with Crippen molar-refractivity contribution in [2.45, 2.75) is 6.92 Å². The lowest BCUT2D eigenvalue weighted by Gasteiger charge is -2.08. The number of nitro groups is 1. The van der Waals surface area contributed by atoms with Gasteiger partial charge >= 0.3 is 0 Å². The Bertz CT molecular complexity index is 996. The molecule has 0 aliphatic carbocycles. The van der Waals surface area contributed by atoms with E-state index in [0.29, 0.717) is 16.9 Å². The van der Waals surface area contributed by atoms with Crippen LogP contribution in [0.3, 0.4) is 0 Å². The van der Waals surface area contributed by atoms with Crippen LogP contribution in [0, 0.1) is 10.1 Å². The zero-order chi connectivity index (χ0) is 18.7. The van der Waals surface area contributed by atoms with Crippen LogP contribution in [-0.4, -0.2) is 26.2 Å².